The Morgan fingerprint density at radius 1 is 1.38 bits per heavy atom. The molecule has 0 heterocycles. The molecule has 0 aromatic heterocycles. The first-order chi connectivity index (χ1) is 6.25. The second-order valence-corrected chi connectivity index (χ2v) is 3.10. The van der Waals surface area contributed by atoms with E-state index in [-0.39, 0.29) is 6.61 Å². The van der Waals surface area contributed by atoms with Gasteiger partial charge in [0.1, 0.15) is 12.8 Å². The van der Waals surface area contributed by atoms with Crippen molar-refractivity contribution in [2.24, 2.45) is 5.16 Å². The summed E-state index contributed by atoms with van der Waals surface area (Å²) >= 11 is 11.8. The van der Waals surface area contributed by atoms with Crippen LogP contribution in [-0.4, -0.2) is 6.21 Å². The fourth-order valence-corrected chi connectivity index (χ4v) is 1.34. The number of hydrogen-bond acceptors (Lipinski definition) is 2. The molecule has 4 heteroatoms. The van der Waals surface area contributed by atoms with Crippen molar-refractivity contribution < 1.29 is 4.84 Å². The van der Waals surface area contributed by atoms with E-state index in [9.17, 15) is 0 Å². The fraction of sp³-hybridized carbons (Fsp3) is 0.222. The summed E-state index contributed by atoms with van der Waals surface area (Å²) in [5.74, 6) is 0. The maximum Gasteiger partial charge on any atom is 0.145 e. The van der Waals surface area contributed by atoms with Crippen molar-refractivity contribution in [3.63, 3.8) is 0 Å². The molecule has 0 N–H and O–H groups in total. The lowest BCUT2D eigenvalue weighted by atomic mass is 10.2. The van der Waals surface area contributed by atoms with E-state index in [1.807, 2.05) is 0 Å². The van der Waals surface area contributed by atoms with Gasteiger partial charge < -0.3 is 4.84 Å². The highest BCUT2D eigenvalue weighted by Crippen LogP contribution is 2.24. The second-order valence-electron chi connectivity index (χ2n) is 2.29. The number of hydrogen-bond donors (Lipinski definition) is 0. The van der Waals surface area contributed by atoms with Crippen molar-refractivity contribution >= 4 is 29.4 Å². The molecule has 0 saturated carbocycles. The van der Waals surface area contributed by atoms with E-state index in [1.165, 1.54) is 0 Å². The third-order valence-corrected chi connectivity index (χ3v) is 2.13. The van der Waals surface area contributed by atoms with E-state index in [0.717, 1.165) is 5.56 Å². The molecule has 69 valence electrons. The zero-order valence-electron chi connectivity index (χ0n) is 7.05. The summed E-state index contributed by atoms with van der Waals surface area (Å²) in [5.41, 5.74) is 0.741. The fourth-order valence-electron chi connectivity index (χ4n) is 0.832. The van der Waals surface area contributed by atoms with Gasteiger partial charge in [-0.05, 0) is 19.1 Å². The van der Waals surface area contributed by atoms with Gasteiger partial charge in [-0.25, -0.2) is 0 Å². The standard InChI is InChI=1S/C9H8Cl2NO/c1-2-12-13-6-7-8(10)4-3-5-9(7)11/h3-5H,6H2,1H3. The molecule has 0 atom stereocenters. The molecule has 0 aliphatic carbocycles. The normalized spacial score (nSPS) is 10.7. The minimum absolute atomic E-state index is 0.263. The summed E-state index contributed by atoms with van der Waals surface area (Å²) < 4.78 is 0. The zero-order valence-corrected chi connectivity index (χ0v) is 8.56. The Morgan fingerprint density at radius 3 is 2.54 bits per heavy atom. The van der Waals surface area contributed by atoms with E-state index in [1.54, 1.807) is 25.1 Å². The van der Waals surface area contributed by atoms with Gasteiger partial charge in [0.25, 0.3) is 0 Å². The summed E-state index contributed by atoms with van der Waals surface area (Å²) in [6.07, 6.45) is 2.49. The van der Waals surface area contributed by atoms with Crippen LogP contribution in [0.15, 0.2) is 23.4 Å². The van der Waals surface area contributed by atoms with Crippen LogP contribution < -0.4 is 0 Å². The predicted molar refractivity (Wildman–Crippen MR) is 54.4 cm³/mol. The van der Waals surface area contributed by atoms with Gasteiger partial charge in [-0.2, -0.15) is 0 Å². The van der Waals surface area contributed by atoms with Crippen molar-refractivity contribution in [3.8, 4) is 0 Å². The molecule has 0 unspecified atom stereocenters. The molecule has 0 amide bonds. The maximum absolute atomic E-state index is 5.88. The monoisotopic (exact) mass is 216 g/mol. The highest BCUT2D eigenvalue weighted by atomic mass is 35.5. The van der Waals surface area contributed by atoms with Crippen LogP contribution in [0.5, 0.6) is 0 Å². The van der Waals surface area contributed by atoms with E-state index < -0.39 is 0 Å². The van der Waals surface area contributed by atoms with Gasteiger partial charge in [0, 0.05) is 15.6 Å². The Hall–Kier alpha value is -0.730. The molecule has 13 heavy (non-hydrogen) atoms. The Morgan fingerprint density at radius 2 is 2.00 bits per heavy atom. The van der Waals surface area contributed by atoms with Gasteiger partial charge in [0.05, 0.1) is 0 Å². The molecule has 0 aliphatic rings. The van der Waals surface area contributed by atoms with Crippen LogP contribution in [0.1, 0.15) is 12.5 Å². The summed E-state index contributed by atoms with van der Waals surface area (Å²) in [7, 11) is 0. The number of benzene rings is 1. The molecule has 0 aliphatic heterocycles. The molecule has 1 aromatic rings. The maximum atomic E-state index is 5.88. The van der Waals surface area contributed by atoms with Gasteiger partial charge in [0.2, 0.25) is 0 Å². The molecule has 0 fully saturated rings. The average molecular weight is 217 g/mol. The number of rotatable bonds is 3. The van der Waals surface area contributed by atoms with Crippen LogP contribution in [0.3, 0.4) is 0 Å². The van der Waals surface area contributed by atoms with Crippen LogP contribution in [0.2, 0.25) is 10.0 Å². The highest BCUT2D eigenvalue weighted by molar-refractivity contribution is 6.35. The predicted octanol–water partition coefficient (Wildman–Crippen LogP) is 3.39. The second kappa shape index (κ2) is 5.10. The topological polar surface area (TPSA) is 21.6 Å². The van der Waals surface area contributed by atoms with Gasteiger partial charge in [-0.3, -0.25) is 0 Å². The van der Waals surface area contributed by atoms with Gasteiger partial charge in [-0.15, -0.1) is 0 Å². The Bertz CT molecular complexity index is 292. The molecular weight excluding hydrogens is 209 g/mol. The van der Waals surface area contributed by atoms with Crippen LogP contribution in [0.25, 0.3) is 0 Å². The number of halogens is 2. The summed E-state index contributed by atoms with van der Waals surface area (Å²) in [4.78, 5) is 4.88. The molecule has 0 spiro atoms. The highest BCUT2D eigenvalue weighted by Gasteiger charge is 2.04. The van der Waals surface area contributed by atoms with Gasteiger partial charge in [-0.1, -0.05) is 34.4 Å². The smallest absolute Gasteiger partial charge is 0.145 e. The first-order valence-corrected chi connectivity index (χ1v) is 4.43. The minimum Gasteiger partial charge on any atom is -0.391 e. The van der Waals surface area contributed by atoms with E-state index in [2.05, 4.69) is 11.4 Å². The van der Waals surface area contributed by atoms with E-state index >= 15 is 0 Å². The first kappa shape index (κ1) is 10.4. The van der Waals surface area contributed by atoms with Crippen molar-refractivity contribution in [1.29, 1.82) is 0 Å². The van der Waals surface area contributed by atoms with Crippen molar-refractivity contribution in [2.75, 3.05) is 0 Å². The third kappa shape index (κ3) is 2.90. The summed E-state index contributed by atoms with van der Waals surface area (Å²) in [6.45, 7) is 1.91. The molecule has 2 nitrogen and oxygen atoms in total. The lowest BCUT2D eigenvalue weighted by Crippen LogP contribution is -1.89. The Kier molecular flexibility index (Phi) is 4.06. The SMILES string of the molecule is C[C]=NOCc1c(Cl)cccc1Cl. The molecule has 1 aromatic carbocycles. The van der Waals surface area contributed by atoms with Crippen LogP contribution in [-0.2, 0) is 11.4 Å². The molecule has 1 rings (SSSR count). The molecule has 0 bridgehead atoms. The lowest BCUT2D eigenvalue weighted by Gasteiger charge is -2.04. The lowest BCUT2D eigenvalue weighted by molar-refractivity contribution is 0.132. The summed E-state index contributed by atoms with van der Waals surface area (Å²) in [5, 5.41) is 4.65. The van der Waals surface area contributed by atoms with Gasteiger partial charge >= 0.3 is 0 Å². The minimum atomic E-state index is 0.263. The van der Waals surface area contributed by atoms with E-state index in [4.69, 9.17) is 28.0 Å². The number of nitrogens with zero attached hydrogens (tertiary/aromatic N) is 1. The molecule has 1 radical (unpaired) electrons. The Balaban J connectivity index is 2.75. The first-order valence-electron chi connectivity index (χ1n) is 3.67. The van der Waals surface area contributed by atoms with Crippen LogP contribution in [0.4, 0.5) is 0 Å². The van der Waals surface area contributed by atoms with Crippen LogP contribution >= 0.6 is 23.2 Å². The van der Waals surface area contributed by atoms with Crippen molar-refractivity contribution in [1.82, 2.24) is 0 Å². The molecular formula is C9H8Cl2NO. The van der Waals surface area contributed by atoms with Crippen molar-refractivity contribution in [3.05, 3.63) is 33.8 Å². The van der Waals surface area contributed by atoms with Gasteiger partial charge in [0.15, 0.2) is 0 Å². The average Bonchev–Trinajstić information content (AvgIpc) is 2.10. The zero-order chi connectivity index (χ0) is 9.68. The third-order valence-electron chi connectivity index (χ3n) is 1.43. The van der Waals surface area contributed by atoms with Crippen LogP contribution in [0, 0.1) is 0 Å². The summed E-state index contributed by atoms with van der Waals surface area (Å²) in [6, 6.07) is 5.29. The largest absolute Gasteiger partial charge is 0.391 e. The molecule has 0 saturated heterocycles. The van der Waals surface area contributed by atoms with Crippen molar-refractivity contribution in [2.45, 2.75) is 13.5 Å². The van der Waals surface area contributed by atoms with E-state index in [0.29, 0.717) is 10.0 Å². The quantitative estimate of drug-likeness (QED) is 0.561. The Labute approximate surface area is 87.1 Å².